The van der Waals surface area contributed by atoms with Crippen LogP contribution in [0.3, 0.4) is 0 Å². The molecule has 6 nitrogen and oxygen atoms in total. The maximum absolute atomic E-state index is 12.6. The van der Waals surface area contributed by atoms with Crippen LogP contribution >= 0.6 is 0 Å². The molecule has 1 N–H and O–H groups in total. The SMILES string of the molecule is CCCOCn1cc(C2=C(c3cccnc3)C(=O)NC2=O)c2ccccc21. The zero-order valence-corrected chi connectivity index (χ0v) is 14.9. The highest BCUT2D eigenvalue weighted by Crippen LogP contribution is 2.35. The number of hydrogen-bond acceptors (Lipinski definition) is 4. The number of fused-ring (bicyclic) bond motifs is 1. The summed E-state index contributed by atoms with van der Waals surface area (Å²) in [6.07, 6.45) is 6.04. The molecule has 0 radical (unpaired) electrons. The summed E-state index contributed by atoms with van der Waals surface area (Å²) in [5.74, 6) is -0.793. The Labute approximate surface area is 156 Å². The Kier molecular flexibility index (Phi) is 4.56. The number of benzene rings is 1. The van der Waals surface area contributed by atoms with Crippen molar-refractivity contribution < 1.29 is 14.3 Å². The number of ether oxygens (including phenoxy) is 1. The molecule has 4 rings (SSSR count). The van der Waals surface area contributed by atoms with Crippen molar-refractivity contribution in [1.82, 2.24) is 14.9 Å². The fourth-order valence-corrected chi connectivity index (χ4v) is 3.36. The van der Waals surface area contributed by atoms with E-state index in [-0.39, 0.29) is 0 Å². The first-order valence-electron chi connectivity index (χ1n) is 8.87. The Balaban J connectivity index is 1.91. The van der Waals surface area contributed by atoms with Gasteiger partial charge in [0.25, 0.3) is 11.8 Å². The molecule has 27 heavy (non-hydrogen) atoms. The summed E-state index contributed by atoms with van der Waals surface area (Å²) in [6, 6.07) is 11.3. The number of para-hydroxylation sites is 1. The number of nitrogens with zero attached hydrogens (tertiary/aromatic N) is 2. The molecule has 0 spiro atoms. The largest absolute Gasteiger partial charge is 0.361 e. The maximum atomic E-state index is 12.6. The van der Waals surface area contributed by atoms with E-state index in [1.807, 2.05) is 35.0 Å². The fraction of sp³-hybridized carbons (Fsp3) is 0.190. The van der Waals surface area contributed by atoms with Crippen LogP contribution in [0.5, 0.6) is 0 Å². The van der Waals surface area contributed by atoms with Gasteiger partial charge in [0.15, 0.2) is 0 Å². The third-order valence-electron chi connectivity index (χ3n) is 4.52. The molecule has 136 valence electrons. The standard InChI is InChI=1S/C21H19N3O3/c1-2-10-27-13-24-12-16(15-7-3-4-8-17(15)24)19-18(20(25)23-21(19)26)14-6-5-9-22-11-14/h3-9,11-12H,2,10,13H2,1H3,(H,23,25,26). The van der Waals surface area contributed by atoms with E-state index in [4.69, 9.17) is 4.74 Å². The molecule has 0 saturated carbocycles. The molecule has 0 unspecified atom stereocenters. The number of nitrogens with one attached hydrogen (secondary N) is 1. The Hall–Kier alpha value is -3.25. The molecular formula is C21H19N3O3. The van der Waals surface area contributed by atoms with E-state index in [0.717, 1.165) is 17.3 Å². The lowest BCUT2D eigenvalue weighted by Gasteiger charge is -2.05. The summed E-state index contributed by atoms with van der Waals surface area (Å²) in [7, 11) is 0. The molecule has 3 heterocycles. The van der Waals surface area contributed by atoms with Gasteiger partial charge in [0.2, 0.25) is 0 Å². The monoisotopic (exact) mass is 361 g/mol. The van der Waals surface area contributed by atoms with Crippen LogP contribution in [0.25, 0.3) is 22.0 Å². The first-order valence-corrected chi connectivity index (χ1v) is 8.87. The molecule has 6 heteroatoms. The van der Waals surface area contributed by atoms with Crippen LogP contribution in [0.15, 0.2) is 55.0 Å². The van der Waals surface area contributed by atoms with Crippen LogP contribution in [-0.4, -0.2) is 28.0 Å². The van der Waals surface area contributed by atoms with Crippen molar-refractivity contribution in [2.45, 2.75) is 20.1 Å². The number of rotatable bonds is 6. The first kappa shape index (κ1) is 17.2. The summed E-state index contributed by atoms with van der Waals surface area (Å²) in [5, 5.41) is 3.32. The average Bonchev–Trinajstić information content (AvgIpc) is 3.19. The van der Waals surface area contributed by atoms with Crippen molar-refractivity contribution in [1.29, 1.82) is 0 Å². The summed E-state index contributed by atoms with van der Waals surface area (Å²) in [6.45, 7) is 3.10. The molecule has 2 aromatic heterocycles. The van der Waals surface area contributed by atoms with Crippen LogP contribution in [0, 0.1) is 0 Å². The van der Waals surface area contributed by atoms with Gasteiger partial charge in [-0.05, 0) is 18.6 Å². The zero-order chi connectivity index (χ0) is 18.8. The number of carbonyl (C=O) groups excluding carboxylic acids is 2. The van der Waals surface area contributed by atoms with Crippen molar-refractivity contribution >= 4 is 33.9 Å². The number of carbonyl (C=O) groups is 2. The quantitative estimate of drug-likeness (QED) is 0.541. The van der Waals surface area contributed by atoms with Gasteiger partial charge in [0, 0.05) is 41.7 Å². The topological polar surface area (TPSA) is 73.2 Å². The third kappa shape index (κ3) is 3.04. The highest BCUT2D eigenvalue weighted by molar-refractivity contribution is 6.50. The molecule has 2 amide bonds. The molecule has 3 aromatic rings. The Morgan fingerprint density at radius 1 is 1.07 bits per heavy atom. The molecule has 1 aliphatic heterocycles. The van der Waals surface area contributed by atoms with Crippen LogP contribution in [0.4, 0.5) is 0 Å². The van der Waals surface area contributed by atoms with Gasteiger partial charge in [-0.25, -0.2) is 0 Å². The van der Waals surface area contributed by atoms with Crippen molar-refractivity contribution in [2.24, 2.45) is 0 Å². The van der Waals surface area contributed by atoms with Gasteiger partial charge < -0.3 is 9.30 Å². The molecule has 0 bridgehead atoms. The summed E-state index contributed by atoms with van der Waals surface area (Å²) in [5.41, 5.74) is 3.01. The molecule has 0 aliphatic carbocycles. The van der Waals surface area contributed by atoms with E-state index in [9.17, 15) is 9.59 Å². The summed E-state index contributed by atoms with van der Waals surface area (Å²) < 4.78 is 7.64. The molecule has 1 aliphatic rings. The number of pyridine rings is 1. The van der Waals surface area contributed by atoms with Gasteiger partial charge in [-0.3, -0.25) is 19.9 Å². The minimum absolute atomic E-state index is 0.352. The van der Waals surface area contributed by atoms with Gasteiger partial charge in [-0.1, -0.05) is 31.2 Å². The van der Waals surface area contributed by atoms with Gasteiger partial charge >= 0.3 is 0 Å². The molecule has 0 saturated heterocycles. The minimum Gasteiger partial charge on any atom is -0.361 e. The van der Waals surface area contributed by atoms with Gasteiger partial charge in [0.1, 0.15) is 6.73 Å². The van der Waals surface area contributed by atoms with E-state index in [2.05, 4.69) is 17.2 Å². The van der Waals surface area contributed by atoms with Gasteiger partial charge in [-0.2, -0.15) is 0 Å². The fourth-order valence-electron chi connectivity index (χ4n) is 3.36. The molecule has 1 aromatic carbocycles. The lowest BCUT2D eigenvalue weighted by atomic mass is 9.97. The average molecular weight is 361 g/mol. The molecule has 0 fully saturated rings. The summed E-state index contributed by atoms with van der Waals surface area (Å²) >= 11 is 0. The van der Waals surface area contributed by atoms with Crippen molar-refractivity contribution in [3.63, 3.8) is 0 Å². The lowest BCUT2D eigenvalue weighted by Crippen LogP contribution is -2.22. The minimum atomic E-state index is -0.401. The number of aromatic nitrogens is 2. The van der Waals surface area contributed by atoms with Crippen molar-refractivity contribution in [3.05, 3.63) is 66.1 Å². The van der Waals surface area contributed by atoms with Crippen molar-refractivity contribution in [2.75, 3.05) is 6.61 Å². The highest BCUT2D eigenvalue weighted by Gasteiger charge is 2.33. The van der Waals surface area contributed by atoms with Crippen LogP contribution < -0.4 is 5.32 Å². The van der Waals surface area contributed by atoms with Crippen molar-refractivity contribution in [3.8, 4) is 0 Å². The van der Waals surface area contributed by atoms with Gasteiger partial charge in [-0.15, -0.1) is 0 Å². The maximum Gasteiger partial charge on any atom is 0.259 e. The third-order valence-corrected chi connectivity index (χ3v) is 4.52. The predicted octanol–water partition coefficient (Wildman–Crippen LogP) is 2.99. The van der Waals surface area contributed by atoms with E-state index in [0.29, 0.717) is 35.6 Å². The Bertz CT molecular complexity index is 1050. The van der Waals surface area contributed by atoms with E-state index in [1.165, 1.54) is 0 Å². The van der Waals surface area contributed by atoms with Crippen LogP contribution in [-0.2, 0) is 21.1 Å². The second-order valence-electron chi connectivity index (χ2n) is 6.34. The van der Waals surface area contributed by atoms with Crippen LogP contribution in [0.2, 0.25) is 0 Å². The smallest absolute Gasteiger partial charge is 0.259 e. The first-order chi connectivity index (χ1) is 13.2. The Morgan fingerprint density at radius 2 is 1.89 bits per heavy atom. The normalized spacial score (nSPS) is 14.3. The zero-order valence-electron chi connectivity index (χ0n) is 14.9. The van der Waals surface area contributed by atoms with Crippen LogP contribution in [0.1, 0.15) is 24.5 Å². The number of hydrogen-bond donors (Lipinski definition) is 1. The highest BCUT2D eigenvalue weighted by atomic mass is 16.5. The Morgan fingerprint density at radius 3 is 2.67 bits per heavy atom. The number of amides is 2. The molecule has 0 atom stereocenters. The number of imide groups is 1. The van der Waals surface area contributed by atoms with E-state index in [1.54, 1.807) is 24.5 Å². The van der Waals surface area contributed by atoms with E-state index < -0.39 is 11.8 Å². The second-order valence-corrected chi connectivity index (χ2v) is 6.34. The predicted molar refractivity (Wildman–Crippen MR) is 102 cm³/mol. The second kappa shape index (κ2) is 7.17. The van der Waals surface area contributed by atoms with Gasteiger partial charge in [0.05, 0.1) is 16.7 Å². The van der Waals surface area contributed by atoms with E-state index >= 15 is 0 Å². The summed E-state index contributed by atoms with van der Waals surface area (Å²) in [4.78, 5) is 29.2. The molecular weight excluding hydrogens is 342 g/mol. The lowest BCUT2D eigenvalue weighted by molar-refractivity contribution is -0.122.